The summed E-state index contributed by atoms with van der Waals surface area (Å²) in [4.78, 5) is 25.5. The third-order valence-corrected chi connectivity index (χ3v) is 3.74. The summed E-state index contributed by atoms with van der Waals surface area (Å²) in [6.45, 7) is 5.40. The molecule has 1 aliphatic heterocycles. The van der Waals surface area contributed by atoms with E-state index in [9.17, 15) is 9.59 Å². The normalized spacial score (nSPS) is 21.1. The van der Waals surface area contributed by atoms with Crippen molar-refractivity contribution in [1.82, 2.24) is 10.2 Å². The first-order valence-corrected chi connectivity index (χ1v) is 7.76. The average molecular weight is 320 g/mol. The van der Waals surface area contributed by atoms with Crippen molar-refractivity contribution in [1.29, 1.82) is 0 Å². The molecule has 1 saturated heterocycles. The second-order valence-corrected chi connectivity index (χ2v) is 5.84. The van der Waals surface area contributed by atoms with Crippen LogP contribution in [-0.4, -0.2) is 55.7 Å². The highest BCUT2D eigenvalue weighted by Gasteiger charge is 2.28. The number of ketones is 1. The number of urea groups is 1. The largest absolute Gasteiger partial charge is 0.382 e. The zero-order valence-electron chi connectivity index (χ0n) is 13.9. The Morgan fingerprint density at radius 3 is 2.87 bits per heavy atom. The van der Waals surface area contributed by atoms with E-state index in [1.165, 1.54) is 6.92 Å². The molecule has 23 heavy (non-hydrogen) atoms. The topological polar surface area (TPSA) is 67.9 Å². The van der Waals surface area contributed by atoms with Gasteiger partial charge in [-0.2, -0.15) is 0 Å². The first-order valence-electron chi connectivity index (χ1n) is 7.76. The van der Waals surface area contributed by atoms with Crippen LogP contribution in [0.15, 0.2) is 24.3 Å². The zero-order valence-corrected chi connectivity index (χ0v) is 13.9. The van der Waals surface area contributed by atoms with Crippen LogP contribution in [0.3, 0.4) is 0 Å². The minimum atomic E-state index is -0.130. The van der Waals surface area contributed by atoms with Crippen LogP contribution in [0.25, 0.3) is 0 Å². The van der Waals surface area contributed by atoms with Crippen LogP contribution in [0.1, 0.15) is 29.8 Å². The number of ether oxygens (including phenoxy) is 2. The van der Waals surface area contributed by atoms with Crippen LogP contribution in [0, 0.1) is 0 Å². The summed E-state index contributed by atoms with van der Waals surface area (Å²) in [5.41, 5.74) is 1.55. The number of nitrogens with zero attached hydrogens (tertiary/aromatic N) is 1. The van der Waals surface area contributed by atoms with Crippen LogP contribution in [0.5, 0.6) is 0 Å². The number of carbonyl (C=O) groups excluding carboxylic acids is 2. The molecule has 0 radical (unpaired) electrons. The van der Waals surface area contributed by atoms with Gasteiger partial charge in [-0.05, 0) is 25.5 Å². The van der Waals surface area contributed by atoms with Crippen molar-refractivity contribution in [3.05, 3.63) is 35.4 Å². The zero-order chi connectivity index (χ0) is 16.8. The lowest BCUT2D eigenvalue weighted by Crippen LogP contribution is -2.53. The lowest BCUT2D eigenvalue weighted by atomic mass is 10.1. The fourth-order valence-electron chi connectivity index (χ4n) is 2.68. The molecule has 1 heterocycles. The molecule has 0 aromatic heterocycles. The Kier molecular flexibility index (Phi) is 6.12. The third-order valence-electron chi connectivity index (χ3n) is 3.74. The van der Waals surface area contributed by atoms with Crippen molar-refractivity contribution in [2.45, 2.75) is 32.6 Å². The van der Waals surface area contributed by atoms with Gasteiger partial charge in [-0.3, -0.25) is 4.79 Å². The number of rotatable bonds is 5. The lowest BCUT2D eigenvalue weighted by molar-refractivity contribution is -0.0897. The Bertz CT molecular complexity index is 561. The molecule has 0 unspecified atom stereocenters. The summed E-state index contributed by atoms with van der Waals surface area (Å²) in [7, 11) is 1.62. The molecule has 0 aliphatic carbocycles. The highest BCUT2D eigenvalue weighted by molar-refractivity contribution is 5.94. The predicted octanol–water partition coefficient (Wildman–Crippen LogP) is 1.83. The third kappa shape index (κ3) is 5.04. The van der Waals surface area contributed by atoms with Gasteiger partial charge in [0, 0.05) is 25.8 Å². The summed E-state index contributed by atoms with van der Waals surface area (Å²) >= 11 is 0. The number of nitrogens with one attached hydrogen (secondary N) is 1. The van der Waals surface area contributed by atoms with Crippen LogP contribution >= 0.6 is 0 Å². The molecule has 1 fully saturated rings. The monoisotopic (exact) mass is 320 g/mol. The molecule has 0 saturated carbocycles. The molecule has 6 nitrogen and oxygen atoms in total. The highest BCUT2D eigenvalue weighted by atomic mass is 16.5. The van der Waals surface area contributed by atoms with E-state index in [0.29, 0.717) is 31.8 Å². The Labute approximate surface area is 136 Å². The number of carbonyl (C=O) groups is 2. The van der Waals surface area contributed by atoms with E-state index in [0.717, 1.165) is 5.56 Å². The minimum absolute atomic E-state index is 0.0163. The standard InChI is InChI=1S/C17H24N2O4/c1-12-9-19(10-16(23-12)11-22-3)17(21)18-8-14-5-4-6-15(7-14)13(2)20/h4-7,12,16H,8-11H2,1-3H3,(H,18,21)/t12-,16-/m0/s1. The van der Waals surface area contributed by atoms with E-state index >= 15 is 0 Å². The molecular weight excluding hydrogens is 296 g/mol. The summed E-state index contributed by atoms with van der Waals surface area (Å²) in [6.07, 6.45) is -0.119. The molecule has 1 aromatic rings. The van der Waals surface area contributed by atoms with Gasteiger partial charge in [0.1, 0.15) is 0 Å². The molecule has 2 rings (SSSR count). The Morgan fingerprint density at radius 1 is 1.39 bits per heavy atom. The maximum Gasteiger partial charge on any atom is 0.317 e. The molecule has 1 aromatic carbocycles. The highest BCUT2D eigenvalue weighted by Crippen LogP contribution is 2.12. The molecule has 0 spiro atoms. The summed E-state index contributed by atoms with van der Waals surface area (Å²) in [6, 6.07) is 7.16. The Morgan fingerprint density at radius 2 is 2.17 bits per heavy atom. The number of Topliss-reactive ketones (excluding diaryl/α,β-unsaturated/α-hetero) is 1. The second-order valence-electron chi connectivity index (χ2n) is 5.84. The Hall–Kier alpha value is -1.92. The number of morpholine rings is 1. The number of methoxy groups -OCH3 is 1. The predicted molar refractivity (Wildman–Crippen MR) is 86.5 cm³/mol. The number of benzene rings is 1. The average Bonchev–Trinajstić information content (AvgIpc) is 2.52. The van der Waals surface area contributed by atoms with Crippen LogP contribution in [0.4, 0.5) is 4.79 Å². The van der Waals surface area contributed by atoms with Crippen LogP contribution < -0.4 is 5.32 Å². The van der Waals surface area contributed by atoms with E-state index in [2.05, 4.69) is 5.32 Å². The van der Waals surface area contributed by atoms with E-state index < -0.39 is 0 Å². The van der Waals surface area contributed by atoms with Gasteiger partial charge >= 0.3 is 6.03 Å². The Balaban J connectivity index is 1.91. The molecule has 1 aliphatic rings. The molecular formula is C17H24N2O4. The maximum atomic E-state index is 12.3. The fourth-order valence-corrected chi connectivity index (χ4v) is 2.68. The van der Waals surface area contributed by atoms with Gasteiger partial charge in [-0.15, -0.1) is 0 Å². The molecule has 126 valence electrons. The van der Waals surface area contributed by atoms with Crippen molar-refractivity contribution in [2.24, 2.45) is 0 Å². The number of hydrogen-bond acceptors (Lipinski definition) is 4. The van der Waals surface area contributed by atoms with E-state index in [1.54, 1.807) is 24.1 Å². The fraction of sp³-hybridized carbons (Fsp3) is 0.529. The molecule has 2 amide bonds. The van der Waals surface area contributed by atoms with Crippen molar-refractivity contribution in [3.8, 4) is 0 Å². The van der Waals surface area contributed by atoms with Gasteiger partial charge in [0.05, 0.1) is 25.4 Å². The van der Waals surface area contributed by atoms with Gasteiger partial charge in [-0.1, -0.05) is 18.2 Å². The van der Waals surface area contributed by atoms with Crippen molar-refractivity contribution < 1.29 is 19.1 Å². The quantitative estimate of drug-likeness (QED) is 0.841. The summed E-state index contributed by atoms with van der Waals surface area (Å²) in [5, 5.41) is 2.90. The second kappa shape index (κ2) is 8.08. The summed E-state index contributed by atoms with van der Waals surface area (Å²) < 4.78 is 10.8. The lowest BCUT2D eigenvalue weighted by Gasteiger charge is -2.36. The van der Waals surface area contributed by atoms with Crippen molar-refractivity contribution >= 4 is 11.8 Å². The van der Waals surface area contributed by atoms with Crippen LogP contribution in [0.2, 0.25) is 0 Å². The van der Waals surface area contributed by atoms with Crippen molar-refractivity contribution in [3.63, 3.8) is 0 Å². The van der Waals surface area contributed by atoms with E-state index in [4.69, 9.17) is 9.47 Å². The summed E-state index contributed by atoms with van der Waals surface area (Å²) in [5.74, 6) is 0.0163. The van der Waals surface area contributed by atoms with Gasteiger partial charge in [0.2, 0.25) is 0 Å². The van der Waals surface area contributed by atoms with Crippen LogP contribution in [-0.2, 0) is 16.0 Å². The van der Waals surface area contributed by atoms with Crippen molar-refractivity contribution in [2.75, 3.05) is 26.8 Å². The molecule has 0 bridgehead atoms. The smallest absolute Gasteiger partial charge is 0.317 e. The van der Waals surface area contributed by atoms with Gasteiger partial charge in [-0.25, -0.2) is 4.79 Å². The maximum absolute atomic E-state index is 12.3. The molecule has 1 N–H and O–H groups in total. The molecule has 2 atom stereocenters. The van der Waals surface area contributed by atoms with Gasteiger partial charge in [0.25, 0.3) is 0 Å². The molecule has 6 heteroatoms. The number of hydrogen-bond donors (Lipinski definition) is 1. The van der Waals surface area contributed by atoms with E-state index in [-0.39, 0.29) is 24.0 Å². The van der Waals surface area contributed by atoms with Gasteiger partial charge in [0.15, 0.2) is 5.78 Å². The first kappa shape index (κ1) is 17.4. The first-order chi connectivity index (χ1) is 11.0. The number of amides is 2. The van der Waals surface area contributed by atoms with Gasteiger partial charge < -0.3 is 19.7 Å². The minimum Gasteiger partial charge on any atom is -0.382 e. The van der Waals surface area contributed by atoms with E-state index in [1.807, 2.05) is 19.1 Å². The SMILES string of the molecule is COC[C@@H]1CN(C(=O)NCc2cccc(C(C)=O)c2)C[C@H](C)O1.